The zero-order valence-electron chi connectivity index (χ0n) is 6.45. The molecular formula is C8H11NOS. The Bertz CT molecular complexity index is 227. The minimum atomic E-state index is 0.799. The number of pyridine rings is 1. The minimum absolute atomic E-state index is 0.799. The van der Waals surface area contributed by atoms with E-state index in [-0.39, 0.29) is 0 Å². The number of nitrogens with zero attached hydrogens (tertiary/aromatic N) is 1. The Morgan fingerprint density at radius 3 is 3.09 bits per heavy atom. The third-order valence-electron chi connectivity index (χ3n) is 1.42. The van der Waals surface area contributed by atoms with Crippen LogP contribution in [0.15, 0.2) is 18.3 Å². The molecule has 0 aromatic carbocycles. The van der Waals surface area contributed by atoms with Crippen molar-refractivity contribution in [2.75, 3.05) is 12.9 Å². The standard InChI is InChI=1S/C8H11NOS/c1-10-8-3-2-5-9-7(8)4-6-11/h2-3,5,11H,4,6H2,1H3. The minimum Gasteiger partial charge on any atom is -0.495 e. The normalized spacial score (nSPS) is 9.64. The fourth-order valence-corrected chi connectivity index (χ4v) is 1.11. The van der Waals surface area contributed by atoms with Gasteiger partial charge in [-0.25, -0.2) is 0 Å². The fourth-order valence-electron chi connectivity index (χ4n) is 0.903. The van der Waals surface area contributed by atoms with Gasteiger partial charge >= 0.3 is 0 Å². The Hall–Kier alpha value is -0.700. The molecule has 3 heteroatoms. The largest absolute Gasteiger partial charge is 0.495 e. The lowest BCUT2D eigenvalue weighted by Gasteiger charge is -2.03. The average molecular weight is 169 g/mol. The highest BCUT2D eigenvalue weighted by Crippen LogP contribution is 2.14. The van der Waals surface area contributed by atoms with Crippen LogP contribution in [-0.4, -0.2) is 17.8 Å². The molecule has 0 fully saturated rings. The van der Waals surface area contributed by atoms with Crippen LogP contribution in [0.25, 0.3) is 0 Å². The smallest absolute Gasteiger partial charge is 0.140 e. The SMILES string of the molecule is COc1cccnc1CCS. The Morgan fingerprint density at radius 1 is 1.64 bits per heavy atom. The number of ether oxygens (including phenoxy) is 1. The van der Waals surface area contributed by atoms with E-state index in [4.69, 9.17) is 4.74 Å². The molecule has 0 spiro atoms. The number of aryl methyl sites for hydroxylation is 1. The van der Waals surface area contributed by atoms with Crippen LogP contribution in [0.3, 0.4) is 0 Å². The van der Waals surface area contributed by atoms with Crippen molar-refractivity contribution in [3.63, 3.8) is 0 Å². The third-order valence-corrected chi connectivity index (χ3v) is 1.64. The molecule has 60 valence electrons. The summed E-state index contributed by atoms with van der Waals surface area (Å²) in [6, 6.07) is 3.77. The van der Waals surface area contributed by atoms with Crippen molar-refractivity contribution in [1.82, 2.24) is 4.98 Å². The van der Waals surface area contributed by atoms with Crippen molar-refractivity contribution in [3.05, 3.63) is 24.0 Å². The van der Waals surface area contributed by atoms with E-state index in [1.165, 1.54) is 0 Å². The van der Waals surface area contributed by atoms with Gasteiger partial charge in [0.05, 0.1) is 12.8 Å². The Balaban J connectivity index is 2.83. The first kappa shape index (κ1) is 8.40. The lowest BCUT2D eigenvalue weighted by molar-refractivity contribution is 0.407. The Labute approximate surface area is 72.0 Å². The highest BCUT2D eigenvalue weighted by Gasteiger charge is 2.00. The highest BCUT2D eigenvalue weighted by atomic mass is 32.1. The molecule has 1 aromatic heterocycles. The summed E-state index contributed by atoms with van der Waals surface area (Å²) in [5.41, 5.74) is 0.977. The predicted octanol–water partition coefficient (Wildman–Crippen LogP) is 1.56. The molecule has 0 unspecified atom stereocenters. The molecule has 1 heterocycles. The van der Waals surface area contributed by atoms with Gasteiger partial charge in [0.15, 0.2) is 0 Å². The number of aromatic nitrogens is 1. The fraction of sp³-hybridized carbons (Fsp3) is 0.375. The van der Waals surface area contributed by atoms with E-state index in [0.717, 1.165) is 23.6 Å². The maximum Gasteiger partial charge on any atom is 0.140 e. The van der Waals surface area contributed by atoms with Crippen LogP contribution in [0.4, 0.5) is 0 Å². The van der Waals surface area contributed by atoms with Crippen molar-refractivity contribution in [2.45, 2.75) is 6.42 Å². The summed E-state index contributed by atoms with van der Waals surface area (Å²) < 4.78 is 5.10. The summed E-state index contributed by atoms with van der Waals surface area (Å²) in [6.45, 7) is 0. The summed E-state index contributed by atoms with van der Waals surface area (Å²) in [6.07, 6.45) is 2.62. The first-order chi connectivity index (χ1) is 5.38. The van der Waals surface area contributed by atoms with Crippen LogP contribution in [0.1, 0.15) is 5.69 Å². The monoisotopic (exact) mass is 169 g/mol. The van der Waals surface area contributed by atoms with Crippen LogP contribution in [-0.2, 0) is 6.42 Å². The molecule has 0 saturated carbocycles. The van der Waals surface area contributed by atoms with Gasteiger partial charge in [0, 0.05) is 12.6 Å². The Kier molecular flexibility index (Phi) is 3.23. The number of hydrogen-bond donors (Lipinski definition) is 1. The summed E-state index contributed by atoms with van der Waals surface area (Å²) in [4.78, 5) is 4.17. The van der Waals surface area contributed by atoms with Gasteiger partial charge < -0.3 is 4.74 Å². The zero-order chi connectivity index (χ0) is 8.10. The molecule has 0 aliphatic rings. The second-order valence-electron chi connectivity index (χ2n) is 2.13. The van der Waals surface area contributed by atoms with Gasteiger partial charge in [0.25, 0.3) is 0 Å². The number of thiol groups is 1. The first-order valence-electron chi connectivity index (χ1n) is 3.47. The van der Waals surface area contributed by atoms with E-state index in [1.54, 1.807) is 13.3 Å². The molecular weight excluding hydrogens is 158 g/mol. The van der Waals surface area contributed by atoms with Gasteiger partial charge in [-0.3, -0.25) is 4.98 Å². The average Bonchev–Trinajstić information content (AvgIpc) is 2.06. The van der Waals surface area contributed by atoms with Crippen molar-refractivity contribution in [1.29, 1.82) is 0 Å². The van der Waals surface area contributed by atoms with Crippen LogP contribution < -0.4 is 4.74 Å². The second kappa shape index (κ2) is 4.23. The summed E-state index contributed by atoms with van der Waals surface area (Å²) >= 11 is 4.12. The molecule has 11 heavy (non-hydrogen) atoms. The molecule has 0 bridgehead atoms. The molecule has 0 radical (unpaired) electrons. The third kappa shape index (κ3) is 2.12. The van der Waals surface area contributed by atoms with Crippen LogP contribution in [0.5, 0.6) is 5.75 Å². The van der Waals surface area contributed by atoms with Crippen molar-refractivity contribution >= 4 is 12.6 Å². The molecule has 0 saturated heterocycles. The molecule has 1 aromatic rings. The number of rotatable bonds is 3. The van der Waals surface area contributed by atoms with Crippen molar-refractivity contribution < 1.29 is 4.74 Å². The lowest BCUT2D eigenvalue weighted by atomic mass is 10.3. The van der Waals surface area contributed by atoms with Gasteiger partial charge in [-0.15, -0.1) is 0 Å². The molecule has 1 rings (SSSR count). The van der Waals surface area contributed by atoms with Gasteiger partial charge in [-0.05, 0) is 17.9 Å². The molecule has 0 N–H and O–H groups in total. The highest BCUT2D eigenvalue weighted by molar-refractivity contribution is 7.80. The summed E-state index contributed by atoms with van der Waals surface area (Å²) in [5, 5.41) is 0. The van der Waals surface area contributed by atoms with Gasteiger partial charge in [0.2, 0.25) is 0 Å². The number of methoxy groups -OCH3 is 1. The maximum atomic E-state index is 5.10. The predicted molar refractivity (Wildman–Crippen MR) is 48.3 cm³/mol. The van der Waals surface area contributed by atoms with Gasteiger partial charge in [-0.2, -0.15) is 12.6 Å². The molecule has 2 nitrogen and oxygen atoms in total. The summed E-state index contributed by atoms with van der Waals surface area (Å²) in [5.74, 6) is 1.65. The van der Waals surface area contributed by atoms with E-state index in [9.17, 15) is 0 Å². The van der Waals surface area contributed by atoms with Crippen LogP contribution >= 0.6 is 12.6 Å². The van der Waals surface area contributed by atoms with E-state index >= 15 is 0 Å². The Morgan fingerprint density at radius 2 is 2.45 bits per heavy atom. The van der Waals surface area contributed by atoms with Crippen LogP contribution in [0.2, 0.25) is 0 Å². The van der Waals surface area contributed by atoms with Gasteiger partial charge in [-0.1, -0.05) is 0 Å². The molecule has 0 atom stereocenters. The topological polar surface area (TPSA) is 22.1 Å². The summed E-state index contributed by atoms with van der Waals surface area (Å²) in [7, 11) is 1.65. The van der Waals surface area contributed by atoms with Crippen molar-refractivity contribution in [2.24, 2.45) is 0 Å². The lowest BCUT2D eigenvalue weighted by Crippen LogP contribution is -1.95. The van der Waals surface area contributed by atoms with E-state index < -0.39 is 0 Å². The van der Waals surface area contributed by atoms with Crippen molar-refractivity contribution in [3.8, 4) is 5.75 Å². The zero-order valence-corrected chi connectivity index (χ0v) is 7.34. The van der Waals surface area contributed by atoms with E-state index in [0.29, 0.717) is 0 Å². The maximum absolute atomic E-state index is 5.10. The van der Waals surface area contributed by atoms with E-state index in [2.05, 4.69) is 17.6 Å². The second-order valence-corrected chi connectivity index (χ2v) is 2.57. The molecule has 0 aliphatic carbocycles. The van der Waals surface area contributed by atoms with E-state index in [1.807, 2.05) is 12.1 Å². The van der Waals surface area contributed by atoms with Crippen LogP contribution in [0, 0.1) is 0 Å². The molecule has 0 amide bonds. The van der Waals surface area contributed by atoms with Gasteiger partial charge in [0.1, 0.15) is 5.75 Å². The quantitative estimate of drug-likeness (QED) is 0.694. The first-order valence-corrected chi connectivity index (χ1v) is 4.10. The number of hydrogen-bond acceptors (Lipinski definition) is 3. The molecule has 0 aliphatic heterocycles.